The van der Waals surface area contributed by atoms with Crippen molar-refractivity contribution in [3.05, 3.63) is 23.2 Å². The van der Waals surface area contributed by atoms with E-state index in [0.29, 0.717) is 16.9 Å². The first kappa shape index (κ1) is 13.2. The molecule has 0 aliphatic heterocycles. The Balaban J connectivity index is 1.85. The van der Waals surface area contributed by atoms with Crippen LogP contribution in [0.5, 0.6) is 0 Å². The van der Waals surface area contributed by atoms with Gasteiger partial charge < -0.3 is 5.73 Å². The Kier molecular flexibility index (Phi) is 3.23. The standard InChI is InChI=1S/C13H17ClN2O2S/c14-10-3-4-11(15)13(7-10)19(17,18)16-12-6-8-1-2-9(12)5-8/h3-4,7-9,12,16H,1-2,5-6,15H2. The lowest BCUT2D eigenvalue weighted by Gasteiger charge is -2.23. The maximum Gasteiger partial charge on any atom is 0.242 e. The van der Waals surface area contributed by atoms with Crippen LogP contribution in [0.3, 0.4) is 0 Å². The van der Waals surface area contributed by atoms with Gasteiger partial charge in [-0.25, -0.2) is 13.1 Å². The van der Waals surface area contributed by atoms with Gasteiger partial charge in [0.05, 0.1) is 5.69 Å². The molecule has 3 rings (SSSR count). The Bertz CT molecular complexity index is 603. The average Bonchev–Trinajstić information content (AvgIpc) is 2.93. The lowest BCUT2D eigenvalue weighted by atomic mass is 9.96. The maximum absolute atomic E-state index is 12.4. The van der Waals surface area contributed by atoms with Gasteiger partial charge in [0, 0.05) is 11.1 Å². The molecule has 104 valence electrons. The normalized spacial score (nSPS) is 29.8. The highest BCUT2D eigenvalue weighted by molar-refractivity contribution is 7.89. The van der Waals surface area contributed by atoms with E-state index in [1.807, 2.05) is 0 Å². The van der Waals surface area contributed by atoms with Crippen LogP contribution in [0, 0.1) is 11.8 Å². The number of nitrogens with one attached hydrogen (secondary N) is 1. The van der Waals surface area contributed by atoms with Crippen LogP contribution in [-0.4, -0.2) is 14.5 Å². The second-order valence-electron chi connectivity index (χ2n) is 5.58. The van der Waals surface area contributed by atoms with E-state index < -0.39 is 10.0 Å². The summed E-state index contributed by atoms with van der Waals surface area (Å²) in [4.78, 5) is 0.0859. The number of sulfonamides is 1. The second-order valence-corrected chi connectivity index (χ2v) is 7.70. The molecule has 0 amide bonds. The first-order valence-corrected chi connectivity index (χ1v) is 8.39. The van der Waals surface area contributed by atoms with Crippen LogP contribution in [0.2, 0.25) is 5.02 Å². The van der Waals surface area contributed by atoms with Crippen molar-refractivity contribution in [1.82, 2.24) is 4.72 Å². The number of benzene rings is 1. The summed E-state index contributed by atoms with van der Waals surface area (Å²) in [7, 11) is -3.58. The Morgan fingerprint density at radius 2 is 2.05 bits per heavy atom. The van der Waals surface area contributed by atoms with Crippen molar-refractivity contribution < 1.29 is 8.42 Å². The highest BCUT2D eigenvalue weighted by Crippen LogP contribution is 2.45. The summed E-state index contributed by atoms with van der Waals surface area (Å²) in [6.45, 7) is 0. The Labute approximate surface area is 118 Å². The molecule has 0 radical (unpaired) electrons. The van der Waals surface area contributed by atoms with Gasteiger partial charge >= 0.3 is 0 Å². The smallest absolute Gasteiger partial charge is 0.242 e. The zero-order valence-corrected chi connectivity index (χ0v) is 12.0. The molecule has 1 aromatic carbocycles. The second kappa shape index (κ2) is 4.65. The Morgan fingerprint density at radius 1 is 1.26 bits per heavy atom. The number of rotatable bonds is 3. The third-order valence-electron chi connectivity index (χ3n) is 4.31. The summed E-state index contributed by atoms with van der Waals surface area (Å²) in [6, 6.07) is 4.58. The molecule has 3 N–H and O–H groups in total. The van der Waals surface area contributed by atoms with Crippen molar-refractivity contribution in [1.29, 1.82) is 0 Å². The first-order valence-electron chi connectivity index (χ1n) is 6.53. The molecule has 4 nitrogen and oxygen atoms in total. The zero-order chi connectivity index (χ0) is 13.6. The molecule has 2 fully saturated rings. The van der Waals surface area contributed by atoms with Crippen molar-refractivity contribution in [2.45, 2.75) is 36.6 Å². The van der Waals surface area contributed by atoms with E-state index in [9.17, 15) is 8.42 Å². The van der Waals surface area contributed by atoms with Gasteiger partial charge in [0.1, 0.15) is 4.90 Å². The van der Waals surface area contributed by atoms with Gasteiger partial charge in [-0.2, -0.15) is 0 Å². The molecule has 2 aliphatic rings. The van der Waals surface area contributed by atoms with E-state index in [2.05, 4.69) is 4.72 Å². The monoisotopic (exact) mass is 300 g/mol. The number of halogens is 1. The van der Waals surface area contributed by atoms with Crippen molar-refractivity contribution in [3.8, 4) is 0 Å². The summed E-state index contributed by atoms with van der Waals surface area (Å²) >= 11 is 5.85. The molecule has 2 saturated carbocycles. The van der Waals surface area contributed by atoms with Gasteiger partial charge in [0.15, 0.2) is 0 Å². The molecule has 3 unspecified atom stereocenters. The Hall–Kier alpha value is -0.780. The van der Waals surface area contributed by atoms with Gasteiger partial charge in [-0.15, -0.1) is 0 Å². The van der Waals surface area contributed by atoms with Crippen LogP contribution in [-0.2, 0) is 10.0 Å². The minimum Gasteiger partial charge on any atom is -0.398 e. The molecule has 0 heterocycles. The highest BCUT2D eigenvalue weighted by atomic mass is 35.5. The lowest BCUT2D eigenvalue weighted by Crippen LogP contribution is -2.38. The van der Waals surface area contributed by atoms with Crippen LogP contribution < -0.4 is 10.5 Å². The molecule has 2 bridgehead atoms. The Morgan fingerprint density at radius 3 is 2.68 bits per heavy atom. The van der Waals surface area contributed by atoms with E-state index in [1.165, 1.54) is 18.6 Å². The summed E-state index contributed by atoms with van der Waals surface area (Å²) in [5.41, 5.74) is 5.98. The zero-order valence-electron chi connectivity index (χ0n) is 10.5. The first-order chi connectivity index (χ1) is 8.95. The minimum absolute atomic E-state index is 0.0575. The van der Waals surface area contributed by atoms with Crippen LogP contribution in [0.15, 0.2) is 23.1 Å². The number of fused-ring (bicyclic) bond motifs is 2. The van der Waals surface area contributed by atoms with Gasteiger partial charge in [0.2, 0.25) is 10.0 Å². The molecular formula is C13H17ClN2O2S. The molecule has 0 spiro atoms. The summed E-state index contributed by atoms with van der Waals surface area (Å²) in [5.74, 6) is 1.18. The average molecular weight is 301 g/mol. The summed E-state index contributed by atoms with van der Waals surface area (Å²) in [6.07, 6.45) is 4.47. The maximum atomic E-state index is 12.4. The number of hydrogen-bond donors (Lipinski definition) is 2. The molecular weight excluding hydrogens is 284 g/mol. The van der Waals surface area contributed by atoms with Gasteiger partial charge in [-0.1, -0.05) is 18.0 Å². The molecule has 6 heteroatoms. The van der Waals surface area contributed by atoms with E-state index in [4.69, 9.17) is 17.3 Å². The highest BCUT2D eigenvalue weighted by Gasteiger charge is 2.41. The molecule has 0 aromatic heterocycles. The largest absolute Gasteiger partial charge is 0.398 e. The predicted octanol–water partition coefficient (Wildman–Crippen LogP) is 2.39. The van der Waals surface area contributed by atoms with E-state index >= 15 is 0 Å². The molecule has 3 atom stereocenters. The topological polar surface area (TPSA) is 72.2 Å². The van der Waals surface area contributed by atoms with Crippen molar-refractivity contribution in [2.75, 3.05) is 5.73 Å². The van der Waals surface area contributed by atoms with Crippen LogP contribution in [0.25, 0.3) is 0 Å². The quantitative estimate of drug-likeness (QED) is 0.842. The third-order valence-corrected chi connectivity index (χ3v) is 6.09. The van der Waals surface area contributed by atoms with Gasteiger partial charge in [-0.3, -0.25) is 0 Å². The van der Waals surface area contributed by atoms with Gasteiger partial charge in [0.25, 0.3) is 0 Å². The van der Waals surface area contributed by atoms with Crippen LogP contribution in [0.1, 0.15) is 25.7 Å². The van der Waals surface area contributed by atoms with Crippen molar-refractivity contribution in [2.24, 2.45) is 11.8 Å². The number of nitrogens with two attached hydrogens (primary N) is 1. The van der Waals surface area contributed by atoms with Gasteiger partial charge in [-0.05, 0) is 49.3 Å². The lowest BCUT2D eigenvalue weighted by molar-refractivity contribution is 0.390. The van der Waals surface area contributed by atoms with Crippen molar-refractivity contribution >= 4 is 27.3 Å². The third kappa shape index (κ3) is 2.47. The fourth-order valence-corrected chi connectivity index (χ4v) is 5.10. The minimum atomic E-state index is -3.58. The van der Waals surface area contributed by atoms with E-state index in [0.717, 1.165) is 19.3 Å². The van der Waals surface area contributed by atoms with E-state index in [1.54, 1.807) is 6.07 Å². The summed E-state index contributed by atoms with van der Waals surface area (Å²) in [5, 5.41) is 0.377. The number of nitrogen functional groups attached to an aromatic ring is 1. The summed E-state index contributed by atoms with van der Waals surface area (Å²) < 4.78 is 27.6. The number of anilines is 1. The molecule has 19 heavy (non-hydrogen) atoms. The number of hydrogen-bond acceptors (Lipinski definition) is 3. The van der Waals surface area contributed by atoms with Crippen LogP contribution >= 0.6 is 11.6 Å². The fraction of sp³-hybridized carbons (Fsp3) is 0.538. The fourth-order valence-electron chi connectivity index (χ4n) is 3.39. The predicted molar refractivity (Wildman–Crippen MR) is 75.4 cm³/mol. The molecule has 0 saturated heterocycles. The van der Waals surface area contributed by atoms with Crippen molar-refractivity contribution in [3.63, 3.8) is 0 Å². The van der Waals surface area contributed by atoms with E-state index in [-0.39, 0.29) is 16.6 Å². The molecule has 2 aliphatic carbocycles. The molecule has 1 aromatic rings. The SMILES string of the molecule is Nc1ccc(Cl)cc1S(=O)(=O)NC1CC2CCC1C2. The van der Waals surface area contributed by atoms with Crippen LogP contribution in [0.4, 0.5) is 5.69 Å².